The molecule has 0 atom stereocenters. The lowest BCUT2D eigenvalue weighted by Crippen LogP contribution is -2.10. The average Bonchev–Trinajstić information content (AvgIpc) is 3.80. The molecule has 2 aromatic heterocycles. The zero-order chi connectivity index (χ0) is 36.3. The van der Waals surface area contributed by atoms with Gasteiger partial charge in [0, 0.05) is 53.7 Å². The molecule has 0 saturated carbocycles. The van der Waals surface area contributed by atoms with E-state index in [-0.39, 0.29) is 0 Å². The summed E-state index contributed by atoms with van der Waals surface area (Å²) in [5, 5.41) is 7.61. The summed E-state index contributed by atoms with van der Waals surface area (Å²) in [6.45, 7) is 0. The smallest absolute Gasteiger partial charge is 0.0542 e. The van der Waals surface area contributed by atoms with Crippen molar-refractivity contribution < 1.29 is 0 Å². The third-order valence-corrected chi connectivity index (χ3v) is 12.1. The Kier molecular flexibility index (Phi) is 7.39. The molecule has 9 aromatic carbocycles. The van der Waals surface area contributed by atoms with Gasteiger partial charge >= 0.3 is 0 Å². The van der Waals surface area contributed by atoms with Crippen LogP contribution in [0.25, 0.3) is 80.7 Å². The van der Waals surface area contributed by atoms with E-state index in [2.05, 4.69) is 216 Å². The number of anilines is 3. The van der Waals surface area contributed by atoms with Gasteiger partial charge in [0.2, 0.25) is 0 Å². The Morgan fingerprint density at radius 1 is 0.345 bits per heavy atom. The molecular formula is C52H34N2S. The van der Waals surface area contributed by atoms with Gasteiger partial charge in [0.25, 0.3) is 0 Å². The summed E-state index contributed by atoms with van der Waals surface area (Å²) >= 11 is 1.86. The fraction of sp³-hybridized carbons (Fsp3) is 0. The Morgan fingerprint density at radius 2 is 0.945 bits per heavy atom. The molecule has 11 aromatic rings. The van der Waals surface area contributed by atoms with Gasteiger partial charge in [-0.2, -0.15) is 0 Å². The van der Waals surface area contributed by atoms with Gasteiger partial charge in [-0.25, -0.2) is 0 Å². The van der Waals surface area contributed by atoms with E-state index < -0.39 is 0 Å². The number of thiophene rings is 1. The van der Waals surface area contributed by atoms with Gasteiger partial charge in [0.05, 0.1) is 11.0 Å². The quantitative estimate of drug-likeness (QED) is 0.166. The second-order valence-electron chi connectivity index (χ2n) is 14.2. The first kappa shape index (κ1) is 31.6. The highest BCUT2D eigenvalue weighted by Crippen LogP contribution is 2.42. The second kappa shape index (κ2) is 12.9. The van der Waals surface area contributed by atoms with Crippen LogP contribution in [0.3, 0.4) is 0 Å². The first-order valence-electron chi connectivity index (χ1n) is 18.8. The normalized spacial score (nSPS) is 11.6. The molecule has 3 heteroatoms. The van der Waals surface area contributed by atoms with Crippen LogP contribution < -0.4 is 4.90 Å². The van der Waals surface area contributed by atoms with Crippen molar-refractivity contribution in [1.82, 2.24) is 4.57 Å². The van der Waals surface area contributed by atoms with Crippen molar-refractivity contribution in [3.63, 3.8) is 0 Å². The SMILES string of the molecule is c1ccc(-n2c3ccccc3c3cc(N(c4ccc(-c5ccc6sc7ccccc7c6c5)cc4)c4ccc(-c5cccc6ccccc56)cc4)ccc32)cc1. The monoisotopic (exact) mass is 718 g/mol. The van der Waals surface area contributed by atoms with Crippen LogP contribution in [0.1, 0.15) is 0 Å². The first-order valence-corrected chi connectivity index (χ1v) is 19.6. The molecule has 0 amide bonds. The maximum atomic E-state index is 2.39. The third kappa shape index (κ3) is 5.32. The summed E-state index contributed by atoms with van der Waals surface area (Å²) in [5.74, 6) is 0. The lowest BCUT2D eigenvalue weighted by atomic mass is 9.98. The van der Waals surface area contributed by atoms with Gasteiger partial charge in [-0.1, -0.05) is 127 Å². The molecule has 0 N–H and O–H groups in total. The minimum atomic E-state index is 1.11. The van der Waals surface area contributed by atoms with Crippen molar-refractivity contribution in [2.24, 2.45) is 0 Å². The predicted molar refractivity (Wildman–Crippen MR) is 237 cm³/mol. The maximum absolute atomic E-state index is 2.39. The Bertz CT molecular complexity index is 3180. The van der Waals surface area contributed by atoms with Crippen molar-refractivity contribution in [2.45, 2.75) is 0 Å². The van der Waals surface area contributed by atoms with Crippen molar-refractivity contribution in [3.8, 4) is 27.9 Å². The molecule has 0 fully saturated rings. The van der Waals surface area contributed by atoms with Gasteiger partial charge in [0.15, 0.2) is 0 Å². The molecule has 55 heavy (non-hydrogen) atoms. The number of hydrogen-bond acceptors (Lipinski definition) is 2. The molecule has 11 rings (SSSR count). The van der Waals surface area contributed by atoms with E-state index in [9.17, 15) is 0 Å². The fourth-order valence-corrected chi connectivity index (χ4v) is 9.46. The van der Waals surface area contributed by atoms with Gasteiger partial charge in [-0.15, -0.1) is 11.3 Å². The summed E-state index contributed by atoms with van der Waals surface area (Å²) in [5.41, 5.74) is 11.7. The van der Waals surface area contributed by atoms with Crippen LogP contribution in [0, 0.1) is 0 Å². The van der Waals surface area contributed by atoms with E-state index in [1.165, 1.54) is 75.0 Å². The molecule has 0 saturated heterocycles. The Morgan fingerprint density at radius 3 is 1.76 bits per heavy atom. The summed E-state index contributed by atoms with van der Waals surface area (Å²) in [6.07, 6.45) is 0. The van der Waals surface area contributed by atoms with E-state index in [4.69, 9.17) is 0 Å². The van der Waals surface area contributed by atoms with Gasteiger partial charge in [-0.3, -0.25) is 0 Å². The van der Waals surface area contributed by atoms with E-state index in [0.29, 0.717) is 0 Å². The van der Waals surface area contributed by atoms with E-state index in [1.807, 2.05) is 11.3 Å². The Balaban J connectivity index is 1.05. The lowest BCUT2D eigenvalue weighted by Gasteiger charge is -2.26. The van der Waals surface area contributed by atoms with Gasteiger partial charge in [0.1, 0.15) is 0 Å². The van der Waals surface area contributed by atoms with Crippen LogP contribution in [0.15, 0.2) is 206 Å². The van der Waals surface area contributed by atoms with Crippen LogP contribution in [0.5, 0.6) is 0 Å². The van der Waals surface area contributed by atoms with Crippen molar-refractivity contribution in [3.05, 3.63) is 206 Å². The third-order valence-electron chi connectivity index (χ3n) is 11.0. The van der Waals surface area contributed by atoms with Crippen molar-refractivity contribution in [1.29, 1.82) is 0 Å². The number of para-hydroxylation sites is 2. The fourth-order valence-electron chi connectivity index (χ4n) is 8.38. The minimum Gasteiger partial charge on any atom is -0.310 e. The second-order valence-corrected chi connectivity index (χ2v) is 15.2. The number of aromatic nitrogens is 1. The largest absolute Gasteiger partial charge is 0.310 e. The molecule has 0 radical (unpaired) electrons. The molecule has 2 heterocycles. The average molecular weight is 719 g/mol. The van der Waals surface area contributed by atoms with Crippen molar-refractivity contribution in [2.75, 3.05) is 4.90 Å². The van der Waals surface area contributed by atoms with Crippen molar-refractivity contribution >= 4 is 81.1 Å². The number of hydrogen-bond donors (Lipinski definition) is 0. The maximum Gasteiger partial charge on any atom is 0.0542 e. The standard InChI is InChI=1S/C52H34N2S/c1-2-13-39(14-3-1)54-49-19-8-6-16-45(49)47-34-42(30-31-50(47)54)53(41-28-23-37(24-29-41)44-18-10-12-36-11-4-5-15-43(36)44)40-26-21-35(22-27-40)38-25-32-52-48(33-38)46-17-7-9-20-51(46)55-52/h1-34H. The van der Waals surface area contributed by atoms with E-state index in [0.717, 1.165) is 22.7 Å². The van der Waals surface area contributed by atoms with Gasteiger partial charge in [-0.05, 0) is 112 Å². The molecule has 0 aliphatic heterocycles. The van der Waals surface area contributed by atoms with Crippen LogP contribution >= 0.6 is 11.3 Å². The minimum absolute atomic E-state index is 1.11. The highest BCUT2D eigenvalue weighted by Gasteiger charge is 2.18. The highest BCUT2D eigenvalue weighted by atomic mass is 32.1. The first-order chi connectivity index (χ1) is 27.3. The summed E-state index contributed by atoms with van der Waals surface area (Å²) in [4.78, 5) is 2.39. The highest BCUT2D eigenvalue weighted by molar-refractivity contribution is 7.25. The van der Waals surface area contributed by atoms with E-state index >= 15 is 0 Å². The van der Waals surface area contributed by atoms with Crippen LogP contribution in [0.4, 0.5) is 17.1 Å². The molecule has 0 unspecified atom stereocenters. The number of rotatable bonds is 6. The molecule has 0 aliphatic carbocycles. The number of benzene rings is 9. The summed E-state index contributed by atoms with van der Waals surface area (Å²) in [7, 11) is 0. The zero-order valence-electron chi connectivity index (χ0n) is 29.9. The molecular weight excluding hydrogens is 685 g/mol. The number of nitrogens with zero attached hydrogens (tertiary/aromatic N) is 2. The molecule has 0 bridgehead atoms. The molecule has 258 valence electrons. The number of fused-ring (bicyclic) bond motifs is 7. The van der Waals surface area contributed by atoms with Crippen LogP contribution in [-0.2, 0) is 0 Å². The van der Waals surface area contributed by atoms with Crippen LogP contribution in [-0.4, -0.2) is 4.57 Å². The predicted octanol–water partition coefficient (Wildman–Crippen LogP) is 15.1. The summed E-state index contributed by atoms with van der Waals surface area (Å²) < 4.78 is 5.03. The topological polar surface area (TPSA) is 8.17 Å². The Hall–Kier alpha value is -6.94. The molecule has 0 aliphatic rings. The Labute approximate surface area is 323 Å². The molecule has 2 nitrogen and oxygen atoms in total. The van der Waals surface area contributed by atoms with Crippen LogP contribution in [0.2, 0.25) is 0 Å². The zero-order valence-corrected chi connectivity index (χ0v) is 30.7. The lowest BCUT2D eigenvalue weighted by molar-refractivity contribution is 1.18. The van der Waals surface area contributed by atoms with Gasteiger partial charge < -0.3 is 9.47 Å². The molecule has 0 spiro atoms. The summed E-state index contributed by atoms with van der Waals surface area (Å²) in [6, 6.07) is 75.2. The van der Waals surface area contributed by atoms with E-state index in [1.54, 1.807) is 0 Å².